The van der Waals surface area contributed by atoms with E-state index in [4.69, 9.17) is 5.14 Å². The number of hydrogen-bond donors (Lipinski definition) is 1. The molecule has 0 aliphatic carbocycles. The molecule has 0 bridgehead atoms. The molecule has 0 saturated heterocycles. The Morgan fingerprint density at radius 1 is 0.950 bits per heavy atom. The predicted octanol–water partition coefficient (Wildman–Crippen LogP) is 1.83. The standard InChI is InChI=1S/C13H12N2O4S/c14-20(18,19)13-7-3-11(4-8-13)9-10-1-5-12(6-2-10)15(16)17/h1-8H,9H2,(H2,14,18,19). The van der Waals surface area contributed by atoms with Crippen LogP contribution in [0.25, 0.3) is 0 Å². The molecule has 0 unspecified atom stereocenters. The van der Waals surface area contributed by atoms with Crippen LogP contribution < -0.4 is 5.14 Å². The van der Waals surface area contributed by atoms with Gasteiger partial charge in [0, 0.05) is 12.1 Å². The van der Waals surface area contributed by atoms with Gasteiger partial charge in [0.25, 0.3) is 5.69 Å². The average molecular weight is 292 g/mol. The van der Waals surface area contributed by atoms with E-state index in [-0.39, 0.29) is 10.6 Å². The Morgan fingerprint density at radius 3 is 1.80 bits per heavy atom. The maximum absolute atomic E-state index is 11.1. The first-order valence-electron chi connectivity index (χ1n) is 5.71. The van der Waals surface area contributed by atoms with Gasteiger partial charge in [-0.05, 0) is 29.7 Å². The molecule has 0 fully saturated rings. The topological polar surface area (TPSA) is 103 Å². The molecular weight excluding hydrogens is 280 g/mol. The van der Waals surface area contributed by atoms with E-state index in [1.807, 2.05) is 0 Å². The van der Waals surface area contributed by atoms with Gasteiger partial charge in [0.05, 0.1) is 9.82 Å². The van der Waals surface area contributed by atoms with Gasteiger partial charge in [0.1, 0.15) is 0 Å². The lowest BCUT2D eigenvalue weighted by Gasteiger charge is -2.03. The normalized spacial score (nSPS) is 11.2. The molecule has 0 spiro atoms. The van der Waals surface area contributed by atoms with E-state index in [0.29, 0.717) is 6.42 Å². The van der Waals surface area contributed by atoms with Crippen molar-refractivity contribution in [3.8, 4) is 0 Å². The lowest BCUT2D eigenvalue weighted by Crippen LogP contribution is -2.11. The third-order valence-electron chi connectivity index (χ3n) is 2.81. The Bertz CT molecular complexity index is 722. The summed E-state index contributed by atoms with van der Waals surface area (Å²) in [5.74, 6) is 0. The SMILES string of the molecule is NS(=O)(=O)c1ccc(Cc2ccc([N+](=O)[O-])cc2)cc1. The first-order chi connectivity index (χ1) is 9.36. The number of nitro groups is 1. The highest BCUT2D eigenvalue weighted by Crippen LogP contribution is 2.16. The molecule has 2 N–H and O–H groups in total. The molecular formula is C13H12N2O4S. The fourth-order valence-electron chi connectivity index (χ4n) is 1.77. The van der Waals surface area contributed by atoms with Crippen LogP contribution in [0.3, 0.4) is 0 Å². The molecule has 6 nitrogen and oxygen atoms in total. The number of rotatable bonds is 4. The molecule has 104 valence electrons. The molecule has 2 aromatic carbocycles. The van der Waals surface area contributed by atoms with Crippen molar-refractivity contribution < 1.29 is 13.3 Å². The largest absolute Gasteiger partial charge is 0.269 e. The number of nitrogens with two attached hydrogens (primary N) is 1. The van der Waals surface area contributed by atoms with Gasteiger partial charge in [-0.1, -0.05) is 24.3 Å². The van der Waals surface area contributed by atoms with E-state index >= 15 is 0 Å². The minimum absolute atomic E-state index is 0.0401. The third kappa shape index (κ3) is 3.40. The Hall–Kier alpha value is -2.25. The van der Waals surface area contributed by atoms with Crippen molar-refractivity contribution in [2.24, 2.45) is 5.14 Å². The number of benzene rings is 2. The molecule has 20 heavy (non-hydrogen) atoms. The number of nitrogens with zero attached hydrogens (tertiary/aromatic N) is 1. The fraction of sp³-hybridized carbons (Fsp3) is 0.0769. The van der Waals surface area contributed by atoms with Crippen molar-refractivity contribution in [2.75, 3.05) is 0 Å². The predicted molar refractivity (Wildman–Crippen MR) is 73.7 cm³/mol. The minimum atomic E-state index is -3.68. The molecule has 0 aliphatic heterocycles. The van der Waals surface area contributed by atoms with E-state index in [9.17, 15) is 18.5 Å². The number of nitro benzene ring substituents is 1. The van der Waals surface area contributed by atoms with Crippen molar-refractivity contribution >= 4 is 15.7 Å². The van der Waals surface area contributed by atoms with E-state index in [0.717, 1.165) is 11.1 Å². The van der Waals surface area contributed by atoms with Crippen molar-refractivity contribution in [3.05, 3.63) is 69.8 Å². The Labute approximate surface area is 116 Å². The molecule has 0 atom stereocenters. The van der Waals surface area contributed by atoms with Crippen LogP contribution in [0.2, 0.25) is 0 Å². The van der Waals surface area contributed by atoms with Gasteiger partial charge >= 0.3 is 0 Å². The monoisotopic (exact) mass is 292 g/mol. The highest BCUT2D eigenvalue weighted by molar-refractivity contribution is 7.89. The number of sulfonamides is 1. The summed E-state index contributed by atoms with van der Waals surface area (Å²) in [4.78, 5) is 10.1. The Morgan fingerprint density at radius 2 is 1.40 bits per heavy atom. The summed E-state index contributed by atoms with van der Waals surface area (Å²) in [6.45, 7) is 0. The second kappa shape index (κ2) is 5.40. The zero-order chi connectivity index (χ0) is 14.8. The first-order valence-corrected chi connectivity index (χ1v) is 7.26. The van der Waals surface area contributed by atoms with Crippen LogP contribution in [0.1, 0.15) is 11.1 Å². The molecule has 2 aromatic rings. The second-order valence-corrected chi connectivity index (χ2v) is 5.85. The van der Waals surface area contributed by atoms with E-state index < -0.39 is 14.9 Å². The second-order valence-electron chi connectivity index (χ2n) is 4.29. The molecule has 2 rings (SSSR count). The smallest absolute Gasteiger partial charge is 0.258 e. The number of hydrogen-bond acceptors (Lipinski definition) is 4. The average Bonchev–Trinajstić information content (AvgIpc) is 2.39. The molecule has 0 aromatic heterocycles. The van der Waals surface area contributed by atoms with Crippen molar-refractivity contribution in [1.82, 2.24) is 0 Å². The lowest BCUT2D eigenvalue weighted by atomic mass is 10.1. The Kier molecular flexibility index (Phi) is 3.82. The number of non-ortho nitro benzene ring substituents is 1. The van der Waals surface area contributed by atoms with Gasteiger partial charge in [-0.25, -0.2) is 13.6 Å². The van der Waals surface area contributed by atoms with Crippen LogP contribution in [-0.4, -0.2) is 13.3 Å². The third-order valence-corrected chi connectivity index (χ3v) is 3.74. The van der Waals surface area contributed by atoms with Crippen LogP contribution in [-0.2, 0) is 16.4 Å². The van der Waals surface area contributed by atoms with Gasteiger partial charge in [0.15, 0.2) is 0 Å². The summed E-state index contributed by atoms with van der Waals surface area (Å²) < 4.78 is 22.2. The summed E-state index contributed by atoms with van der Waals surface area (Å²) in [5.41, 5.74) is 1.84. The van der Waals surface area contributed by atoms with Gasteiger partial charge in [-0.3, -0.25) is 10.1 Å². The summed E-state index contributed by atoms with van der Waals surface area (Å²) in [6, 6.07) is 12.4. The van der Waals surface area contributed by atoms with Crippen LogP contribution in [0, 0.1) is 10.1 Å². The fourth-order valence-corrected chi connectivity index (χ4v) is 2.28. The van der Waals surface area contributed by atoms with Crippen molar-refractivity contribution in [2.45, 2.75) is 11.3 Å². The highest BCUT2D eigenvalue weighted by Gasteiger charge is 2.08. The lowest BCUT2D eigenvalue weighted by molar-refractivity contribution is -0.384. The quantitative estimate of drug-likeness (QED) is 0.685. The van der Waals surface area contributed by atoms with Crippen LogP contribution in [0.4, 0.5) is 5.69 Å². The van der Waals surface area contributed by atoms with Gasteiger partial charge in [-0.15, -0.1) is 0 Å². The van der Waals surface area contributed by atoms with Crippen molar-refractivity contribution in [3.63, 3.8) is 0 Å². The molecule has 7 heteroatoms. The van der Waals surface area contributed by atoms with E-state index in [2.05, 4.69) is 0 Å². The van der Waals surface area contributed by atoms with Gasteiger partial charge in [0.2, 0.25) is 10.0 Å². The van der Waals surface area contributed by atoms with Gasteiger partial charge < -0.3 is 0 Å². The highest BCUT2D eigenvalue weighted by atomic mass is 32.2. The first kappa shape index (κ1) is 14.2. The zero-order valence-corrected chi connectivity index (χ0v) is 11.2. The van der Waals surface area contributed by atoms with Crippen LogP contribution >= 0.6 is 0 Å². The molecule has 0 saturated carbocycles. The molecule has 0 aliphatic rings. The van der Waals surface area contributed by atoms with E-state index in [1.54, 1.807) is 24.3 Å². The summed E-state index contributed by atoms with van der Waals surface area (Å²) in [7, 11) is -3.68. The molecule has 0 heterocycles. The summed E-state index contributed by atoms with van der Waals surface area (Å²) in [6.07, 6.45) is 0.558. The summed E-state index contributed by atoms with van der Waals surface area (Å²) in [5, 5.41) is 15.6. The Balaban J connectivity index is 2.16. The van der Waals surface area contributed by atoms with Gasteiger partial charge in [-0.2, -0.15) is 0 Å². The minimum Gasteiger partial charge on any atom is -0.258 e. The van der Waals surface area contributed by atoms with E-state index in [1.165, 1.54) is 24.3 Å². The maximum atomic E-state index is 11.1. The zero-order valence-electron chi connectivity index (χ0n) is 10.4. The molecule has 0 radical (unpaired) electrons. The summed E-state index contributed by atoms with van der Waals surface area (Å²) >= 11 is 0. The van der Waals surface area contributed by atoms with Crippen LogP contribution in [0.5, 0.6) is 0 Å². The van der Waals surface area contributed by atoms with Crippen molar-refractivity contribution in [1.29, 1.82) is 0 Å². The molecule has 0 amide bonds. The van der Waals surface area contributed by atoms with Crippen LogP contribution in [0.15, 0.2) is 53.4 Å². The number of primary sulfonamides is 1. The maximum Gasteiger partial charge on any atom is 0.269 e.